The zero-order valence-electron chi connectivity index (χ0n) is 27.2. The number of ether oxygens (including phenoxy) is 1. The fourth-order valence-corrected chi connectivity index (χ4v) is 6.67. The molecule has 0 aliphatic heterocycles. The topological polar surface area (TPSA) is 126 Å². The summed E-state index contributed by atoms with van der Waals surface area (Å²) in [6.45, 7) is 8.22. The molecular formula is C36H50N4O5. The molecule has 2 aliphatic rings. The van der Waals surface area contributed by atoms with Crippen LogP contribution in [0.3, 0.4) is 0 Å². The van der Waals surface area contributed by atoms with Gasteiger partial charge in [-0.1, -0.05) is 101 Å². The number of likely N-dealkylation sites (N-methyl/N-ethyl adjacent to an activating group) is 1. The van der Waals surface area contributed by atoms with Crippen LogP contribution >= 0.6 is 0 Å². The minimum Gasteiger partial charge on any atom is -0.449 e. The number of amides is 4. The summed E-state index contributed by atoms with van der Waals surface area (Å²) in [6.07, 6.45) is 6.00. The van der Waals surface area contributed by atoms with Crippen molar-refractivity contribution in [2.75, 3.05) is 13.2 Å². The van der Waals surface area contributed by atoms with Crippen molar-refractivity contribution in [3.8, 4) is 11.1 Å². The van der Waals surface area contributed by atoms with E-state index in [0.717, 1.165) is 47.9 Å². The van der Waals surface area contributed by atoms with Crippen molar-refractivity contribution in [3.05, 3.63) is 59.7 Å². The van der Waals surface area contributed by atoms with E-state index in [1.807, 2.05) is 52.0 Å². The summed E-state index contributed by atoms with van der Waals surface area (Å²) in [5.74, 6) is -0.687. The highest BCUT2D eigenvalue weighted by molar-refractivity contribution is 5.93. The molecule has 2 aromatic carbocycles. The second-order valence-corrected chi connectivity index (χ2v) is 12.8. The van der Waals surface area contributed by atoms with Crippen molar-refractivity contribution < 1.29 is 23.9 Å². The molecule has 4 N–H and O–H groups in total. The lowest BCUT2D eigenvalue weighted by molar-refractivity contribution is -0.133. The Balaban J connectivity index is 1.42. The van der Waals surface area contributed by atoms with Crippen molar-refractivity contribution in [3.63, 3.8) is 0 Å². The third-order valence-electron chi connectivity index (χ3n) is 8.98. The maximum Gasteiger partial charge on any atom is 0.407 e. The van der Waals surface area contributed by atoms with E-state index < -0.39 is 36.0 Å². The number of carbonyl (C=O) groups excluding carboxylic acids is 4. The van der Waals surface area contributed by atoms with Gasteiger partial charge in [0.15, 0.2) is 0 Å². The van der Waals surface area contributed by atoms with E-state index in [-0.39, 0.29) is 24.3 Å². The molecule has 0 heterocycles. The molecule has 4 amide bonds. The molecule has 4 rings (SSSR count). The molecule has 9 nitrogen and oxygen atoms in total. The van der Waals surface area contributed by atoms with Crippen molar-refractivity contribution in [2.24, 2.45) is 11.8 Å². The Hall–Kier alpha value is -3.88. The van der Waals surface area contributed by atoms with Gasteiger partial charge in [-0.15, -0.1) is 0 Å². The summed E-state index contributed by atoms with van der Waals surface area (Å²) >= 11 is 0. The van der Waals surface area contributed by atoms with Gasteiger partial charge in [-0.2, -0.15) is 0 Å². The van der Waals surface area contributed by atoms with Gasteiger partial charge in [0, 0.05) is 12.5 Å². The van der Waals surface area contributed by atoms with Gasteiger partial charge < -0.3 is 26.0 Å². The molecule has 9 heteroatoms. The molecule has 0 spiro atoms. The van der Waals surface area contributed by atoms with Gasteiger partial charge in [-0.25, -0.2) is 4.79 Å². The van der Waals surface area contributed by atoms with E-state index in [2.05, 4.69) is 45.5 Å². The van der Waals surface area contributed by atoms with Crippen molar-refractivity contribution in [1.82, 2.24) is 21.3 Å². The van der Waals surface area contributed by atoms with E-state index >= 15 is 0 Å². The molecule has 0 bridgehead atoms. The fourth-order valence-electron chi connectivity index (χ4n) is 6.67. The Morgan fingerprint density at radius 2 is 1.33 bits per heavy atom. The van der Waals surface area contributed by atoms with Gasteiger partial charge in [0.1, 0.15) is 24.7 Å². The normalized spacial score (nSPS) is 16.6. The Labute approximate surface area is 267 Å². The van der Waals surface area contributed by atoms with Crippen LogP contribution in [0.2, 0.25) is 0 Å². The number of hydrogen-bond donors (Lipinski definition) is 4. The highest BCUT2D eigenvalue weighted by Gasteiger charge is 2.33. The van der Waals surface area contributed by atoms with Crippen LogP contribution < -0.4 is 21.3 Å². The fraction of sp³-hybridized carbons (Fsp3) is 0.556. The van der Waals surface area contributed by atoms with E-state index in [1.165, 1.54) is 6.42 Å². The summed E-state index contributed by atoms with van der Waals surface area (Å²) in [5, 5.41) is 11.3. The van der Waals surface area contributed by atoms with Crippen LogP contribution in [0.4, 0.5) is 4.79 Å². The SMILES string of the molecule is CCNC(=O)C(CC(C)C)NC(=O)[C@H](CC)NC(=O)[C@@H](CC1CCCCC1)NC(=O)OCC1c2ccccc2-c2ccccc21. The Morgan fingerprint density at radius 3 is 1.91 bits per heavy atom. The van der Waals surface area contributed by atoms with Crippen LogP contribution in [-0.2, 0) is 19.1 Å². The molecular weight excluding hydrogens is 568 g/mol. The highest BCUT2D eigenvalue weighted by atomic mass is 16.5. The predicted molar refractivity (Wildman–Crippen MR) is 175 cm³/mol. The van der Waals surface area contributed by atoms with Gasteiger partial charge in [-0.3, -0.25) is 14.4 Å². The smallest absolute Gasteiger partial charge is 0.407 e. The molecule has 1 saturated carbocycles. The first-order valence-corrected chi connectivity index (χ1v) is 16.7. The van der Waals surface area contributed by atoms with E-state index in [9.17, 15) is 19.2 Å². The molecule has 2 aromatic rings. The number of rotatable bonds is 14. The van der Waals surface area contributed by atoms with E-state index in [1.54, 1.807) is 0 Å². The lowest BCUT2D eigenvalue weighted by Crippen LogP contribution is -2.57. The molecule has 0 saturated heterocycles. The van der Waals surface area contributed by atoms with Gasteiger partial charge in [0.25, 0.3) is 0 Å². The number of hydrogen-bond acceptors (Lipinski definition) is 5. The van der Waals surface area contributed by atoms with Crippen LogP contribution in [0, 0.1) is 11.8 Å². The number of fused-ring (bicyclic) bond motifs is 3. The summed E-state index contributed by atoms with van der Waals surface area (Å²) in [6, 6.07) is 13.9. The van der Waals surface area contributed by atoms with Crippen LogP contribution in [-0.4, -0.2) is 55.1 Å². The van der Waals surface area contributed by atoms with Crippen molar-refractivity contribution in [1.29, 1.82) is 0 Å². The van der Waals surface area contributed by atoms with Crippen LogP contribution in [0.5, 0.6) is 0 Å². The van der Waals surface area contributed by atoms with Crippen LogP contribution in [0.1, 0.15) is 96.1 Å². The van der Waals surface area contributed by atoms with Crippen LogP contribution in [0.25, 0.3) is 11.1 Å². The first-order valence-electron chi connectivity index (χ1n) is 16.7. The van der Waals surface area contributed by atoms with E-state index in [0.29, 0.717) is 31.7 Å². The molecule has 0 radical (unpaired) electrons. The molecule has 1 unspecified atom stereocenters. The van der Waals surface area contributed by atoms with Crippen LogP contribution in [0.15, 0.2) is 48.5 Å². The van der Waals surface area contributed by atoms with Gasteiger partial charge >= 0.3 is 6.09 Å². The molecule has 244 valence electrons. The van der Waals surface area contributed by atoms with Gasteiger partial charge in [0.2, 0.25) is 17.7 Å². The minimum atomic E-state index is -0.847. The first kappa shape index (κ1) is 34.0. The van der Waals surface area contributed by atoms with Crippen molar-refractivity contribution in [2.45, 2.75) is 103 Å². The minimum absolute atomic E-state index is 0.0920. The summed E-state index contributed by atoms with van der Waals surface area (Å²) in [4.78, 5) is 52.8. The highest BCUT2D eigenvalue weighted by Crippen LogP contribution is 2.44. The predicted octanol–water partition coefficient (Wildman–Crippen LogP) is 5.43. The Bertz CT molecular complexity index is 1280. The average Bonchev–Trinajstić information content (AvgIpc) is 3.35. The average molecular weight is 619 g/mol. The van der Waals surface area contributed by atoms with E-state index in [4.69, 9.17) is 4.74 Å². The lowest BCUT2D eigenvalue weighted by atomic mass is 9.84. The number of benzene rings is 2. The quantitative estimate of drug-likeness (QED) is 0.225. The lowest BCUT2D eigenvalue weighted by Gasteiger charge is -2.28. The Morgan fingerprint density at radius 1 is 0.756 bits per heavy atom. The number of alkyl carbamates (subject to hydrolysis) is 1. The van der Waals surface area contributed by atoms with Gasteiger partial charge in [-0.05, 0) is 60.3 Å². The standard InChI is InChI=1S/C36H50N4O5/c1-5-30(34(42)39-31(20-23(3)4)33(41)37-6-2)38-35(43)32(21-24-14-8-7-9-15-24)40-36(44)45-22-29-27-18-12-10-16-25(27)26-17-11-13-19-28(26)29/h10-13,16-19,23-24,29-32H,5-9,14-15,20-22H2,1-4H3,(H,37,41)(H,38,43)(H,39,42)(H,40,44)/t30-,31?,32+/m0/s1. The van der Waals surface area contributed by atoms with Gasteiger partial charge in [0.05, 0.1) is 0 Å². The monoisotopic (exact) mass is 618 g/mol. The maximum atomic E-state index is 13.7. The van der Waals surface area contributed by atoms with Crippen molar-refractivity contribution >= 4 is 23.8 Å². The molecule has 3 atom stereocenters. The zero-order chi connectivity index (χ0) is 32.3. The third-order valence-corrected chi connectivity index (χ3v) is 8.98. The maximum absolute atomic E-state index is 13.7. The second kappa shape index (κ2) is 16.4. The Kier molecular flexibility index (Phi) is 12.4. The molecule has 45 heavy (non-hydrogen) atoms. The zero-order valence-corrected chi connectivity index (χ0v) is 27.2. The molecule has 1 fully saturated rings. The first-order chi connectivity index (χ1) is 21.7. The number of nitrogens with one attached hydrogen (secondary N) is 4. The number of carbonyl (C=O) groups is 4. The third kappa shape index (κ3) is 9.08. The largest absolute Gasteiger partial charge is 0.449 e. The molecule has 0 aromatic heterocycles. The summed E-state index contributed by atoms with van der Waals surface area (Å²) < 4.78 is 5.77. The second-order valence-electron chi connectivity index (χ2n) is 12.8. The molecule has 2 aliphatic carbocycles. The summed E-state index contributed by atoms with van der Waals surface area (Å²) in [5.41, 5.74) is 4.51. The summed E-state index contributed by atoms with van der Waals surface area (Å²) in [7, 11) is 0.